The third-order valence-corrected chi connectivity index (χ3v) is 8.11. The van der Waals surface area contributed by atoms with Gasteiger partial charge in [-0.1, -0.05) is 20.8 Å². The van der Waals surface area contributed by atoms with Crippen molar-refractivity contribution in [1.29, 1.82) is 0 Å². The minimum Gasteiger partial charge on any atom is -0.460 e. The van der Waals surface area contributed by atoms with E-state index >= 15 is 0 Å². The van der Waals surface area contributed by atoms with E-state index in [4.69, 9.17) is 4.43 Å². The SMILES string of the molecule is CCOC(=O)C(=O)CCCCO[Si](C)(C)C(C)(C)C. The van der Waals surface area contributed by atoms with Gasteiger partial charge in [-0.25, -0.2) is 4.79 Å². The monoisotopic (exact) mass is 288 g/mol. The second-order valence-electron chi connectivity index (χ2n) is 6.21. The Kier molecular flexibility index (Phi) is 7.52. The van der Waals surface area contributed by atoms with E-state index in [-0.39, 0.29) is 18.1 Å². The number of Topliss-reactive ketones (excluding diaryl/α,β-unsaturated/α-hetero) is 1. The molecule has 0 aromatic carbocycles. The van der Waals surface area contributed by atoms with Gasteiger partial charge in [-0.2, -0.15) is 0 Å². The van der Waals surface area contributed by atoms with Gasteiger partial charge in [0.15, 0.2) is 8.32 Å². The number of ketones is 1. The van der Waals surface area contributed by atoms with E-state index < -0.39 is 20.1 Å². The zero-order valence-corrected chi connectivity index (χ0v) is 14.2. The maximum atomic E-state index is 11.3. The Morgan fingerprint density at radius 3 is 2.16 bits per heavy atom. The van der Waals surface area contributed by atoms with Gasteiger partial charge in [-0.15, -0.1) is 0 Å². The molecule has 0 N–H and O–H groups in total. The second kappa shape index (κ2) is 7.80. The third-order valence-electron chi connectivity index (χ3n) is 3.57. The lowest BCUT2D eigenvalue weighted by Crippen LogP contribution is -2.40. The summed E-state index contributed by atoms with van der Waals surface area (Å²) in [7, 11) is -1.69. The van der Waals surface area contributed by atoms with Crippen LogP contribution in [0.5, 0.6) is 0 Å². The average Bonchev–Trinajstić information content (AvgIpc) is 2.26. The normalized spacial score (nSPS) is 12.3. The van der Waals surface area contributed by atoms with E-state index in [2.05, 4.69) is 38.6 Å². The Morgan fingerprint density at radius 1 is 1.11 bits per heavy atom. The third kappa shape index (κ3) is 6.87. The molecular formula is C14H28O4Si. The zero-order chi connectivity index (χ0) is 15.1. The van der Waals surface area contributed by atoms with Gasteiger partial charge < -0.3 is 9.16 Å². The quantitative estimate of drug-likeness (QED) is 0.297. The molecule has 0 spiro atoms. The van der Waals surface area contributed by atoms with Crippen molar-refractivity contribution < 1.29 is 18.8 Å². The molecule has 0 aliphatic carbocycles. The van der Waals surface area contributed by atoms with Crippen LogP contribution in [0.2, 0.25) is 18.1 Å². The molecule has 19 heavy (non-hydrogen) atoms. The van der Waals surface area contributed by atoms with Crippen molar-refractivity contribution >= 4 is 20.1 Å². The maximum Gasteiger partial charge on any atom is 0.374 e. The van der Waals surface area contributed by atoms with Crippen molar-refractivity contribution in [3.05, 3.63) is 0 Å². The lowest BCUT2D eigenvalue weighted by atomic mass is 10.2. The van der Waals surface area contributed by atoms with Crippen LogP contribution in [0.1, 0.15) is 47.0 Å². The van der Waals surface area contributed by atoms with Gasteiger partial charge in [-0.05, 0) is 37.9 Å². The van der Waals surface area contributed by atoms with Crippen LogP contribution in [0.3, 0.4) is 0 Å². The first-order valence-electron chi connectivity index (χ1n) is 6.95. The Morgan fingerprint density at radius 2 is 1.68 bits per heavy atom. The van der Waals surface area contributed by atoms with Crippen LogP contribution >= 0.6 is 0 Å². The molecular weight excluding hydrogens is 260 g/mol. The van der Waals surface area contributed by atoms with Crippen molar-refractivity contribution in [3.8, 4) is 0 Å². The van der Waals surface area contributed by atoms with Crippen molar-refractivity contribution in [3.63, 3.8) is 0 Å². The van der Waals surface area contributed by atoms with Gasteiger partial charge in [0.2, 0.25) is 5.78 Å². The van der Waals surface area contributed by atoms with Gasteiger partial charge in [0.1, 0.15) is 0 Å². The van der Waals surface area contributed by atoms with Crippen molar-refractivity contribution in [2.45, 2.75) is 65.1 Å². The molecule has 0 aromatic rings. The molecule has 0 aliphatic rings. The summed E-state index contributed by atoms with van der Waals surface area (Å²) in [6.45, 7) is 13.6. The van der Waals surface area contributed by atoms with Gasteiger partial charge in [0.05, 0.1) is 6.61 Å². The zero-order valence-electron chi connectivity index (χ0n) is 13.2. The molecule has 0 aliphatic heterocycles. The highest BCUT2D eigenvalue weighted by molar-refractivity contribution is 6.74. The maximum absolute atomic E-state index is 11.3. The number of unbranched alkanes of at least 4 members (excludes halogenated alkanes) is 1. The Bertz CT molecular complexity index is 305. The summed E-state index contributed by atoms with van der Waals surface area (Å²) in [5.41, 5.74) is 0. The standard InChI is InChI=1S/C14H28O4Si/c1-7-17-13(16)12(15)10-8-9-11-18-19(5,6)14(2,3)4/h7-11H2,1-6H3. The summed E-state index contributed by atoms with van der Waals surface area (Å²) < 4.78 is 10.6. The van der Waals surface area contributed by atoms with Crippen LogP contribution < -0.4 is 0 Å². The fourth-order valence-electron chi connectivity index (χ4n) is 1.25. The fourth-order valence-corrected chi connectivity index (χ4v) is 2.33. The molecule has 0 atom stereocenters. The highest BCUT2D eigenvalue weighted by Gasteiger charge is 2.36. The van der Waals surface area contributed by atoms with E-state index in [1.807, 2.05) is 0 Å². The van der Waals surface area contributed by atoms with Crippen LogP contribution in [0.15, 0.2) is 0 Å². The minimum absolute atomic E-state index is 0.202. The lowest BCUT2D eigenvalue weighted by Gasteiger charge is -2.36. The highest BCUT2D eigenvalue weighted by atomic mass is 28.4. The first kappa shape index (κ1) is 18.3. The topological polar surface area (TPSA) is 52.6 Å². The number of esters is 1. The lowest BCUT2D eigenvalue weighted by molar-refractivity contribution is -0.153. The smallest absolute Gasteiger partial charge is 0.374 e. The second-order valence-corrected chi connectivity index (χ2v) is 11.0. The average molecular weight is 288 g/mol. The summed E-state index contributed by atoms with van der Waals surface area (Å²) in [5, 5.41) is 0.202. The molecule has 0 radical (unpaired) electrons. The molecule has 0 rings (SSSR count). The molecule has 112 valence electrons. The molecule has 0 amide bonds. The molecule has 0 saturated carbocycles. The fraction of sp³-hybridized carbons (Fsp3) is 0.857. The number of carbonyl (C=O) groups excluding carboxylic acids is 2. The summed E-state index contributed by atoms with van der Waals surface area (Å²) in [6.07, 6.45) is 1.73. The summed E-state index contributed by atoms with van der Waals surface area (Å²) in [4.78, 5) is 22.4. The van der Waals surface area contributed by atoms with Crippen LogP contribution in [-0.2, 0) is 18.8 Å². The van der Waals surface area contributed by atoms with Gasteiger partial charge >= 0.3 is 5.97 Å². The van der Waals surface area contributed by atoms with E-state index in [1.165, 1.54) is 0 Å². The van der Waals surface area contributed by atoms with E-state index in [0.29, 0.717) is 13.0 Å². The molecule has 0 bridgehead atoms. The molecule has 0 heterocycles. The van der Waals surface area contributed by atoms with Gasteiger partial charge in [-0.3, -0.25) is 4.79 Å². The van der Waals surface area contributed by atoms with Crippen LogP contribution in [-0.4, -0.2) is 33.3 Å². The van der Waals surface area contributed by atoms with E-state index in [9.17, 15) is 9.59 Å². The number of rotatable bonds is 8. The van der Waals surface area contributed by atoms with Crippen molar-refractivity contribution in [2.75, 3.05) is 13.2 Å². The predicted octanol–water partition coefficient (Wildman–Crippen LogP) is 3.31. The Labute approximate surface area is 118 Å². The number of carbonyl (C=O) groups is 2. The Balaban J connectivity index is 3.83. The van der Waals surface area contributed by atoms with Crippen molar-refractivity contribution in [2.24, 2.45) is 0 Å². The molecule has 0 unspecified atom stereocenters. The van der Waals surface area contributed by atoms with E-state index in [1.54, 1.807) is 6.92 Å². The van der Waals surface area contributed by atoms with Gasteiger partial charge in [0.25, 0.3) is 0 Å². The first-order valence-corrected chi connectivity index (χ1v) is 9.86. The predicted molar refractivity (Wildman–Crippen MR) is 78.6 cm³/mol. The molecule has 5 heteroatoms. The van der Waals surface area contributed by atoms with E-state index in [0.717, 1.165) is 6.42 Å². The summed E-state index contributed by atoms with van der Waals surface area (Å²) in [6, 6.07) is 0. The van der Waals surface area contributed by atoms with Crippen LogP contribution in [0, 0.1) is 0 Å². The number of ether oxygens (including phenoxy) is 1. The molecule has 0 aromatic heterocycles. The molecule has 4 nitrogen and oxygen atoms in total. The van der Waals surface area contributed by atoms with Crippen molar-refractivity contribution in [1.82, 2.24) is 0 Å². The van der Waals surface area contributed by atoms with Crippen LogP contribution in [0.4, 0.5) is 0 Å². The number of hydrogen-bond acceptors (Lipinski definition) is 4. The minimum atomic E-state index is -1.69. The van der Waals surface area contributed by atoms with Gasteiger partial charge in [0, 0.05) is 13.0 Å². The Hall–Kier alpha value is -0.683. The largest absolute Gasteiger partial charge is 0.460 e. The number of hydrogen-bond donors (Lipinski definition) is 0. The van der Waals surface area contributed by atoms with Crippen LogP contribution in [0.25, 0.3) is 0 Å². The molecule has 0 fully saturated rings. The summed E-state index contributed by atoms with van der Waals surface area (Å²) in [5.74, 6) is -1.15. The first-order chi connectivity index (χ1) is 8.62. The highest BCUT2D eigenvalue weighted by Crippen LogP contribution is 2.36. The summed E-state index contributed by atoms with van der Waals surface area (Å²) >= 11 is 0. The molecule has 0 saturated heterocycles.